The summed E-state index contributed by atoms with van der Waals surface area (Å²) in [6.07, 6.45) is 4.90. The predicted octanol–water partition coefficient (Wildman–Crippen LogP) is 3.24. The summed E-state index contributed by atoms with van der Waals surface area (Å²) in [5, 5.41) is 3.52. The van der Waals surface area contributed by atoms with Gasteiger partial charge in [-0.2, -0.15) is 11.8 Å². The highest BCUT2D eigenvalue weighted by Gasteiger charge is 2.14. The number of H-pyrrole nitrogens is 1. The van der Waals surface area contributed by atoms with Crippen molar-refractivity contribution >= 4 is 17.4 Å². The van der Waals surface area contributed by atoms with Crippen molar-refractivity contribution in [2.45, 2.75) is 6.42 Å². The van der Waals surface area contributed by atoms with Crippen LogP contribution in [0.3, 0.4) is 0 Å². The van der Waals surface area contributed by atoms with E-state index in [1.807, 2.05) is 6.20 Å². The molecule has 3 nitrogen and oxygen atoms in total. The summed E-state index contributed by atoms with van der Waals surface area (Å²) in [4.78, 5) is 7.15. The van der Waals surface area contributed by atoms with Crippen LogP contribution in [0.4, 0.5) is 5.69 Å². The quantitative estimate of drug-likeness (QED) is 0.885. The van der Waals surface area contributed by atoms with E-state index in [0.717, 1.165) is 18.2 Å². The fraction of sp³-hybridized carbons (Fsp3) is 0.357. The number of rotatable bonds is 4. The Hall–Kier alpha value is -1.42. The minimum absolute atomic E-state index is 0.835. The highest BCUT2D eigenvalue weighted by molar-refractivity contribution is 7.99. The van der Waals surface area contributed by atoms with Crippen LogP contribution >= 0.6 is 11.8 Å². The average molecular weight is 259 g/mol. The van der Waals surface area contributed by atoms with Crippen molar-refractivity contribution in [1.29, 1.82) is 0 Å². The van der Waals surface area contributed by atoms with Gasteiger partial charge in [-0.25, -0.2) is 4.98 Å². The van der Waals surface area contributed by atoms with E-state index in [0.29, 0.717) is 0 Å². The Morgan fingerprint density at radius 2 is 2.22 bits per heavy atom. The molecule has 1 aromatic heterocycles. The molecule has 1 unspecified atom stereocenters. The molecule has 0 spiro atoms. The summed E-state index contributed by atoms with van der Waals surface area (Å²) >= 11 is 2.07. The van der Waals surface area contributed by atoms with Crippen LogP contribution in [-0.2, 0) is 0 Å². The molecule has 4 heteroatoms. The van der Waals surface area contributed by atoms with Gasteiger partial charge in [0, 0.05) is 12.2 Å². The van der Waals surface area contributed by atoms with Crippen LogP contribution in [0, 0.1) is 5.92 Å². The lowest BCUT2D eigenvalue weighted by Crippen LogP contribution is -2.13. The van der Waals surface area contributed by atoms with Crippen molar-refractivity contribution in [2.24, 2.45) is 5.92 Å². The molecule has 3 rings (SSSR count). The van der Waals surface area contributed by atoms with Crippen LogP contribution in [0.2, 0.25) is 0 Å². The minimum atomic E-state index is 0.835. The molecule has 1 saturated heterocycles. The predicted molar refractivity (Wildman–Crippen MR) is 77.9 cm³/mol. The zero-order valence-electron chi connectivity index (χ0n) is 10.2. The minimum Gasteiger partial charge on any atom is -0.385 e. The summed E-state index contributed by atoms with van der Waals surface area (Å²) in [6, 6.07) is 8.52. The van der Waals surface area contributed by atoms with Gasteiger partial charge in [0.2, 0.25) is 0 Å². The molecule has 0 amide bonds. The smallest absolute Gasteiger partial charge is 0.0924 e. The van der Waals surface area contributed by atoms with Gasteiger partial charge in [-0.05, 0) is 41.5 Å². The van der Waals surface area contributed by atoms with Crippen LogP contribution in [0.1, 0.15) is 6.42 Å². The van der Waals surface area contributed by atoms with Crippen LogP contribution in [-0.4, -0.2) is 28.0 Å². The van der Waals surface area contributed by atoms with Crippen molar-refractivity contribution in [3.8, 4) is 11.3 Å². The van der Waals surface area contributed by atoms with Crippen LogP contribution < -0.4 is 5.32 Å². The van der Waals surface area contributed by atoms with E-state index >= 15 is 0 Å². The molecule has 94 valence electrons. The molecule has 1 aliphatic heterocycles. The summed E-state index contributed by atoms with van der Waals surface area (Å²) in [6.45, 7) is 1.09. The van der Waals surface area contributed by atoms with Crippen molar-refractivity contribution < 1.29 is 0 Å². The van der Waals surface area contributed by atoms with Crippen LogP contribution in [0.15, 0.2) is 36.8 Å². The van der Waals surface area contributed by atoms with Crippen LogP contribution in [0.5, 0.6) is 0 Å². The van der Waals surface area contributed by atoms with Gasteiger partial charge in [-0.15, -0.1) is 0 Å². The molecular weight excluding hydrogens is 242 g/mol. The maximum absolute atomic E-state index is 4.04. The second-order valence-corrected chi connectivity index (χ2v) is 5.80. The SMILES string of the molecule is c1ncc(-c2ccc(NCC3CCSC3)cc2)[nH]1. The maximum atomic E-state index is 4.04. The van der Waals surface area contributed by atoms with E-state index in [2.05, 4.69) is 51.3 Å². The Balaban J connectivity index is 1.60. The lowest BCUT2D eigenvalue weighted by molar-refractivity contribution is 0.632. The Morgan fingerprint density at radius 1 is 1.33 bits per heavy atom. The zero-order chi connectivity index (χ0) is 12.2. The first-order valence-electron chi connectivity index (χ1n) is 6.32. The van der Waals surface area contributed by atoms with E-state index in [1.54, 1.807) is 6.33 Å². The number of nitrogens with zero attached hydrogens (tertiary/aromatic N) is 1. The second-order valence-electron chi connectivity index (χ2n) is 4.65. The van der Waals surface area contributed by atoms with Gasteiger partial charge in [0.05, 0.1) is 18.2 Å². The molecule has 18 heavy (non-hydrogen) atoms. The lowest BCUT2D eigenvalue weighted by atomic mass is 10.1. The molecule has 1 aromatic carbocycles. The fourth-order valence-electron chi connectivity index (χ4n) is 2.19. The number of hydrogen-bond acceptors (Lipinski definition) is 3. The Kier molecular flexibility index (Phi) is 3.55. The van der Waals surface area contributed by atoms with Gasteiger partial charge in [-0.1, -0.05) is 12.1 Å². The lowest BCUT2D eigenvalue weighted by Gasteiger charge is -2.11. The molecule has 1 atom stereocenters. The van der Waals surface area contributed by atoms with Crippen molar-refractivity contribution in [3.63, 3.8) is 0 Å². The van der Waals surface area contributed by atoms with Gasteiger partial charge < -0.3 is 10.3 Å². The first-order valence-corrected chi connectivity index (χ1v) is 7.48. The largest absolute Gasteiger partial charge is 0.385 e. The fourth-order valence-corrected chi connectivity index (χ4v) is 3.47. The summed E-state index contributed by atoms with van der Waals surface area (Å²) in [5.74, 6) is 3.46. The van der Waals surface area contributed by atoms with Crippen molar-refractivity contribution in [1.82, 2.24) is 9.97 Å². The second kappa shape index (κ2) is 5.48. The van der Waals surface area contributed by atoms with Crippen LogP contribution in [0.25, 0.3) is 11.3 Å². The normalized spacial score (nSPS) is 19.0. The monoisotopic (exact) mass is 259 g/mol. The standard InChI is InChI=1S/C14H17N3S/c1-3-13(16-7-11-5-6-18-9-11)4-2-12(1)14-8-15-10-17-14/h1-4,8,10-11,16H,5-7,9H2,(H,15,17). The van der Waals surface area contributed by atoms with Crippen molar-refractivity contribution in [2.75, 3.05) is 23.4 Å². The zero-order valence-corrected chi connectivity index (χ0v) is 11.0. The third-order valence-electron chi connectivity index (χ3n) is 3.31. The molecule has 2 aromatic rings. The Labute approximate surface area is 111 Å². The van der Waals surface area contributed by atoms with Gasteiger partial charge in [0.15, 0.2) is 0 Å². The average Bonchev–Trinajstić information content (AvgIpc) is 3.10. The Bertz CT molecular complexity index is 472. The first-order chi connectivity index (χ1) is 8.92. The van der Waals surface area contributed by atoms with E-state index in [4.69, 9.17) is 0 Å². The maximum Gasteiger partial charge on any atom is 0.0924 e. The number of thioether (sulfide) groups is 1. The summed E-state index contributed by atoms with van der Waals surface area (Å²) < 4.78 is 0. The van der Waals surface area contributed by atoms with E-state index in [-0.39, 0.29) is 0 Å². The number of benzene rings is 1. The third-order valence-corrected chi connectivity index (χ3v) is 4.54. The molecule has 0 aliphatic carbocycles. The number of anilines is 1. The van der Waals surface area contributed by atoms with Gasteiger partial charge in [0.25, 0.3) is 0 Å². The van der Waals surface area contributed by atoms with Crippen molar-refractivity contribution in [3.05, 3.63) is 36.8 Å². The summed E-state index contributed by atoms with van der Waals surface area (Å²) in [7, 11) is 0. The number of aromatic nitrogens is 2. The Morgan fingerprint density at radius 3 is 2.89 bits per heavy atom. The van der Waals surface area contributed by atoms with Gasteiger partial charge >= 0.3 is 0 Å². The highest BCUT2D eigenvalue weighted by atomic mass is 32.2. The molecule has 0 saturated carbocycles. The number of hydrogen-bond donors (Lipinski definition) is 2. The molecule has 2 heterocycles. The number of nitrogens with one attached hydrogen (secondary N) is 2. The van der Waals surface area contributed by atoms with Gasteiger partial charge in [0.1, 0.15) is 0 Å². The molecule has 1 aliphatic rings. The molecule has 0 bridgehead atoms. The molecule has 2 N–H and O–H groups in total. The molecule has 0 radical (unpaired) electrons. The topological polar surface area (TPSA) is 40.7 Å². The van der Waals surface area contributed by atoms with Gasteiger partial charge in [-0.3, -0.25) is 0 Å². The summed E-state index contributed by atoms with van der Waals surface area (Å²) in [5.41, 5.74) is 3.44. The van der Waals surface area contributed by atoms with E-state index < -0.39 is 0 Å². The third kappa shape index (κ3) is 2.70. The van der Waals surface area contributed by atoms with E-state index in [9.17, 15) is 0 Å². The molecular formula is C14H17N3S. The number of imidazole rings is 1. The molecule has 1 fully saturated rings. The number of aromatic amines is 1. The highest BCUT2D eigenvalue weighted by Crippen LogP contribution is 2.24. The van der Waals surface area contributed by atoms with E-state index in [1.165, 1.54) is 29.2 Å². The first kappa shape index (κ1) is 11.7.